The number of carbonyl (C=O) groups excluding carboxylic acids is 1. The number of carbonyl (C=O) groups is 1. The summed E-state index contributed by atoms with van der Waals surface area (Å²) >= 11 is 11.9. The van der Waals surface area contributed by atoms with E-state index in [2.05, 4.69) is 16.6 Å². The van der Waals surface area contributed by atoms with E-state index >= 15 is 0 Å². The van der Waals surface area contributed by atoms with Crippen LogP contribution in [0.3, 0.4) is 0 Å². The smallest absolute Gasteiger partial charge is 0.277 e. The number of hydrogen-bond donors (Lipinski definition) is 0. The van der Waals surface area contributed by atoms with E-state index in [1.807, 2.05) is 71.9 Å². The van der Waals surface area contributed by atoms with Crippen LogP contribution >= 0.6 is 23.2 Å². The van der Waals surface area contributed by atoms with Crippen molar-refractivity contribution in [2.45, 2.75) is 41.5 Å². The largest absolute Gasteiger partial charge is 0.307 e. The zero-order valence-corrected chi connectivity index (χ0v) is 21.3. The van der Waals surface area contributed by atoms with Gasteiger partial charge in [-0.1, -0.05) is 87.8 Å². The van der Waals surface area contributed by atoms with Crippen molar-refractivity contribution in [3.63, 3.8) is 0 Å². The van der Waals surface area contributed by atoms with Crippen LogP contribution in [0.15, 0.2) is 77.4 Å². The van der Waals surface area contributed by atoms with Crippen LogP contribution < -0.4 is 4.90 Å². The average Bonchev–Trinajstić information content (AvgIpc) is 3.10. The van der Waals surface area contributed by atoms with Gasteiger partial charge in [-0.15, -0.1) is 0 Å². The summed E-state index contributed by atoms with van der Waals surface area (Å²) in [4.78, 5) is 22.4. The predicted molar refractivity (Wildman–Crippen MR) is 143 cm³/mol. The summed E-state index contributed by atoms with van der Waals surface area (Å²) in [6.07, 6.45) is 6.85. The van der Waals surface area contributed by atoms with E-state index in [0.29, 0.717) is 28.0 Å². The molecule has 1 heterocycles. The van der Waals surface area contributed by atoms with E-state index in [4.69, 9.17) is 23.2 Å². The van der Waals surface area contributed by atoms with Crippen LogP contribution in [0.4, 0.5) is 11.4 Å². The van der Waals surface area contributed by atoms with Crippen LogP contribution in [0, 0.1) is 0 Å². The fourth-order valence-corrected chi connectivity index (χ4v) is 2.86. The van der Waals surface area contributed by atoms with Gasteiger partial charge >= 0.3 is 0 Å². The quantitative estimate of drug-likeness (QED) is 0.411. The fourth-order valence-electron chi connectivity index (χ4n) is 2.56. The first-order chi connectivity index (χ1) is 15.5. The van der Waals surface area contributed by atoms with Gasteiger partial charge in [0.1, 0.15) is 5.71 Å². The molecule has 0 atom stereocenters. The van der Waals surface area contributed by atoms with Crippen LogP contribution in [0.2, 0.25) is 10.0 Å². The van der Waals surface area contributed by atoms with Gasteiger partial charge in [-0.2, -0.15) is 0 Å². The highest BCUT2D eigenvalue weighted by molar-refractivity contribution is 6.54. The Bertz CT molecular complexity index is 950. The van der Waals surface area contributed by atoms with Gasteiger partial charge in [0.15, 0.2) is 0 Å². The average molecular weight is 474 g/mol. The summed E-state index contributed by atoms with van der Waals surface area (Å²) in [7, 11) is 0. The van der Waals surface area contributed by atoms with Crippen LogP contribution in [0.1, 0.15) is 47.1 Å². The van der Waals surface area contributed by atoms with E-state index in [9.17, 15) is 4.79 Å². The summed E-state index contributed by atoms with van der Waals surface area (Å²) in [6.45, 7) is 15.9. The molecule has 0 unspecified atom stereocenters. The highest BCUT2D eigenvalue weighted by Crippen LogP contribution is 2.32. The summed E-state index contributed by atoms with van der Waals surface area (Å²) in [6, 6.07) is 12.7. The van der Waals surface area contributed by atoms with E-state index in [1.54, 1.807) is 41.6 Å². The molecule has 6 heteroatoms. The van der Waals surface area contributed by atoms with Gasteiger partial charge in [0.2, 0.25) is 0 Å². The fraction of sp³-hybridized carbons (Fsp3) is 0.269. The summed E-state index contributed by atoms with van der Waals surface area (Å²) in [5, 5.41) is 0.888. The number of rotatable bonds is 4. The Kier molecular flexibility index (Phi) is 15.5. The van der Waals surface area contributed by atoms with Crippen molar-refractivity contribution in [3.05, 3.63) is 83.0 Å². The monoisotopic (exact) mass is 473 g/mol. The second-order valence-electron chi connectivity index (χ2n) is 5.64. The molecule has 0 saturated carbocycles. The predicted octanol–water partition coefficient (Wildman–Crippen LogP) is 8.31. The molecular formula is C26H33Cl2N3O. The van der Waals surface area contributed by atoms with Crippen molar-refractivity contribution in [3.8, 4) is 0 Å². The number of allylic oxidation sites excluding steroid dienone is 2. The lowest BCUT2D eigenvalue weighted by Crippen LogP contribution is -2.29. The van der Waals surface area contributed by atoms with Gasteiger partial charge in [0.05, 0.1) is 21.4 Å². The minimum Gasteiger partial charge on any atom is -0.307 e. The maximum atomic E-state index is 12.5. The standard InChI is InChI=1S/C16H12Cl2N2O.C6H9N.2C2H6/c1-2-20-14-6-4-3-5-11(14)15(16(20)21)19-10-7-8-12(17)13(18)9-10;1-3-5-7-6-4-2;2*1-2/h3-9H,2H2,1H3;3-6H,1H2,2H3;2*1-2H3/b;6-4-,7-5?;;. The van der Waals surface area contributed by atoms with Crippen molar-refractivity contribution in [1.29, 1.82) is 0 Å². The Hall–Kier alpha value is -2.69. The summed E-state index contributed by atoms with van der Waals surface area (Å²) in [5.41, 5.74) is 2.78. The maximum absolute atomic E-state index is 12.5. The van der Waals surface area contributed by atoms with Crippen LogP contribution in [0.25, 0.3) is 0 Å². The SMILES string of the molecule is C=CC=N/C=C\C.CC.CC.CCN1C(=O)C(=Nc2ccc(Cl)c(Cl)c2)c2ccccc21. The highest BCUT2D eigenvalue weighted by atomic mass is 35.5. The van der Waals surface area contributed by atoms with Crippen molar-refractivity contribution in [2.75, 3.05) is 11.4 Å². The number of aliphatic imine (C=N–C) groups is 2. The number of nitrogens with zero attached hydrogens (tertiary/aromatic N) is 3. The van der Waals surface area contributed by atoms with Crippen molar-refractivity contribution < 1.29 is 4.79 Å². The lowest BCUT2D eigenvalue weighted by Gasteiger charge is -2.12. The van der Waals surface area contributed by atoms with E-state index in [1.165, 1.54) is 0 Å². The third kappa shape index (κ3) is 8.45. The van der Waals surface area contributed by atoms with Crippen molar-refractivity contribution in [1.82, 2.24) is 0 Å². The lowest BCUT2D eigenvalue weighted by molar-refractivity contribution is -0.112. The molecule has 1 amide bonds. The second-order valence-corrected chi connectivity index (χ2v) is 6.46. The molecule has 0 bridgehead atoms. The highest BCUT2D eigenvalue weighted by Gasteiger charge is 2.32. The van der Waals surface area contributed by atoms with E-state index in [-0.39, 0.29) is 5.91 Å². The van der Waals surface area contributed by atoms with Gasteiger partial charge < -0.3 is 4.90 Å². The number of amides is 1. The zero-order valence-electron chi connectivity index (χ0n) is 19.8. The number of likely N-dealkylation sites (N-methyl/N-ethyl adjacent to an activating group) is 1. The molecule has 4 nitrogen and oxygen atoms in total. The Morgan fingerprint density at radius 1 is 1.03 bits per heavy atom. The molecular weight excluding hydrogens is 441 g/mol. The number of benzene rings is 2. The van der Waals surface area contributed by atoms with Crippen molar-refractivity contribution in [2.24, 2.45) is 9.98 Å². The molecule has 2 aromatic rings. The number of anilines is 1. The molecule has 2 aromatic carbocycles. The molecule has 0 saturated heterocycles. The van der Waals surface area contributed by atoms with Gasteiger partial charge in [0.25, 0.3) is 5.91 Å². The number of halogens is 2. The number of hydrogen-bond acceptors (Lipinski definition) is 3. The molecule has 172 valence electrons. The van der Waals surface area contributed by atoms with Crippen molar-refractivity contribution >= 4 is 52.4 Å². The Morgan fingerprint density at radius 2 is 1.69 bits per heavy atom. The number of para-hydroxylation sites is 1. The Labute approximate surface area is 203 Å². The Morgan fingerprint density at radius 3 is 2.25 bits per heavy atom. The molecule has 0 aromatic heterocycles. The molecule has 0 aliphatic carbocycles. The normalized spacial score (nSPS) is 13.1. The summed E-state index contributed by atoms with van der Waals surface area (Å²) < 4.78 is 0. The first kappa shape index (κ1) is 29.3. The molecule has 1 aliphatic rings. The first-order valence-electron chi connectivity index (χ1n) is 10.7. The third-order valence-corrected chi connectivity index (χ3v) is 4.52. The summed E-state index contributed by atoms with van der Waals surface area (Å²) in [5.74, 6) is -0.0928. The lowest BCUT2D eigenvalue weighted by atomic mass is 10.1. The van der Waals surface area contributed by atoms with Gasteiger partial charge in [0, 0.05) is 24.5 Å². The van der Waals surface area contributed by atoms with Gasteiger partial charge in [-0.3, -0.25) is 9.79 Å². The molecule has 1 aliphatic heterocycles. The molecule has 0 N–H and O–H groups in total. The molecule has 0 spiro atoms. The topological polar surface area (TPSA) is 45.0 Å². The number of fused-ring (bicyclic) bond motifs is 1. The minimum absolute atomic E-state index is 0.0928. The Balaban J connectivity index is 0.000000743. The van der Waals surface area contributed by atoms with E-state index < -0.39 is 0 Å². The van der Waals surface area contributed by atoms with Gasteiger partial charge in [-0.05, 0) is 38.1 Å². The van der Waals surface area contributed by atoms with Crippen LogP contribution in [-0.2, 0) is 4.79 Å². The molecule has 0 fully saturated rings. The molecule has 3 rings (SSSR count). The molecule has 32 heavy (non-hydrogen) atoms. The van der Waals surface area contributed by atoms with Crippen LogP contribution in [0.5, 0.6) is 0 Å². The second kappa shape index (κ2) is 16.9. The van der Waals surface area contributed by atoms with Crippen LogP contribution in [-0.4, -0.2) is 24.4 Å². The minimum atomic E-state index is -0.0928. The van der Waals surface area contributed by atoms with Gasteiger partial charge in [-0.25, -0.2) is 4.99 Å². The first-order valence-corrected chi connectivity index (χ1v) is 11.5. The maximum Gasteiger partial charge on any atom is 0.277 e. The zero-order chi connectivity index (χ0) is 24.5. The molecule has 0 radical (unpaired) electrons. The van der Waals surface area contributed by atoms with E-state index in [0.717, 1.165) is 11.3 Å². The third-order valence-electron chi connectivity index (χ3n) is 3.78.